The maximum Gasteiger partial charge on any atom is 0.246 e. The van der Waals surface area contributed by atoms with E-state index in [9.17, 15) is 4.79 Å². The third-order valence-electron chi connectivity index (χ3n) is 5.04. The van der Waals surface area contributed by atoms with E-state index in [2.05, 4.69) is 29.4 Å². The Morgan fingerprint density at radius 2 is 2.08 bits per heavy atom. The lowest BCUT2D eigenvalue weighted by Crippen LogP contribution is -2.44. The van der Waals surface area contributed by atoms with Gasteiger partial charge in [0.15, 0.2) is 0 Å². The van der Waals surface area contributed by atoms with Crippen molar-refractivity contribution in [1.82, 2.24) is 14.7 Å². The van der Waals surface area contributed by atoms with Gasteiger partial charge in [-0.25, -0.2) is 0 Å². The van der Waals surface area contributed by atoms with Crippen LogP contribution >= 0.6 is 0 Å². The second-order valence-electron chi connectivity index (χ2n) is 6.55. The number of rotatable bonds is 2. The first-order chi connectivity index (χ1) is 11.7. The van der Waals surface area contributed by atoms with Crippen molar-refractivity contribution in [2.24, 2.45) is 7.05 Å². The molecular formula is C19H21N3O2. The summed E-state index contributed by atoms with van der Waals surface area (Å²) in [5.74, 6) is 0.0555. The number of carbonyl (C=O) groups excluding carboxylic acids is 1. The molecule has 0 bridgehead atoms. The second kappa shape index (κ2) is 5.91. The van der Waals surface area contributed by atoms with Gasteiger partial charge in [0.05, 0.1) is 18.4 Å². The van der Waals surface area contributed by atoms with Crippen LogP contribution in [0.4, 0.5) is 0 Å². The number of nitrogens with zero attached hydrogens (tertiary/aromatic N) is 3. The number of aromatic nitrogens is 2. The number of hydrogen-bond acceptors (Lipinski definition) is 3. The summed E-state index contributed by atoms with van der Waals surface area (Å²) in [7, 11) is 1.86. The van der Waals surface area contributed by atoms with Crippen molar-refractivity contribution in [2.75, 3.05) is 13.1 Å². The van der Waals surface area contributed by atoms with E-state index >= 15 is 0 Å². The van der Waals surface area contributed by atoms with Gasteiger partial charge in [0.1, 0.15) is 0 Å². The van der Waals surface area contributed by atoms with Crippen molar-refractivity contribution in [1.29, 1.82) is 0 Å². The van der Waals surface area contributed by atoms with Gasteiger partial charge < -0.3 is 9.64 Å². The first kappa shape index (κ1) is 15.1. The topological polar surface area (TPSA) is 47.4 Å². The maximum absolute atomic E-state index is 12.4. The molecule has 1 fully saturated rings. The smallest absolute Gasteiger partial charge is 0.246 e. The maximum atomic E-state index is 12.4. The average Bonchev–Trinajstić information content (AvgIpc) is 3.18. The lowest BCUT2D eigenvalue weighted by Gasteiger charge is -2.39. The van der Waals surface area contributed by atoms with Crippen molar-refractivity contribution in [3.05, 3.63) is 59.4 Å². The number of piperidine rings is 1. The van der Waals surface area contributed by atoms with Gasteiger partial charge in [0.25, 0.3) is 0 Å². The van der Waals surface area contributed by atoms with Crippen LogP contribution in [-0.2, 0) is 28.8 Å². The standard InChI is InChI=1S/C19H21N3O2/c1-21-13-15(12-20-21)6-7-18(23)22-10-8-19(9-11-22)17-5-3-2-4-16(17)14-24-19/h2-7,12-13H,8-11,14H2,1H3. The summed E-state index contributed by atoms with van der Waals surface area (Å²) in [6, 6.07) is 8.44. The molecule has 2 aliphatic heterocycles. The van der Waals surface area contributed by atoms with Crippen LogP contribution in [0.15, 0.2) is 42.7 Å². The number of amides is 1. The third kappa shape index (κ3) is 2.65. The zero-order valence-corrected chi connectivity index (χ0v) is 13.8. The Morgan fingerprint density at radius 1 is 1.29 bits per heavy atom. The Bertz CT molecular complexity index is 785. The monoisotopic (exact) mass is 323 g/mol. The highest BCUT2D eigenvalue weighted by Gasteiger charge is 2.42. The molecule has 4 rings (SSSR count). The van der Waals surface area contributed by atoms with Crippen molar-refractivity contribution in [2.45, 2.75) is 25.0 Å². The summed E-state index contributed by atoms with van der Waals surface area (Å²) in [5.41, 5.74) is 3.34. The molecule has 1 spiro atoms. The molecule has 0 radical (unpaired) electrons. The Morgan fingerprint density at radius 3 is 2.83 bits per heavy atom. The summed E-state index contributed by atoms with van der Waals surface area (Å²) in [6.45, 7) is 2.14. The number of aryl methyl sites for hydroxylation is 1. The molecule has 0 aliphatic carbocycles. The quantitative estimate of drug-likeness (QED) is 0.798. The molecule has 2 aromatic rings. The van der Waals surface area contributed by atoms with Gasteiger partial charge in [0.2, 0.25) is 5.91 Å². The Balaban J connectivity index is 1.41. The normalized spacial score (nSPS) is 19.1. The fraction of sp³-hybridized carbons (Fsp3) is 0.368. The third-order valence-corrected chi connectivity index (χ3v) is 5.04. The SMILES string of the molecule is Cn1cc(C=CC(=O)N2CCC3(CC2)OCc2ccccc23)cn1. The fourth-order valence-electron chi connectivity index (χ4n) is 3.69. The average molecular weight is 323 g/mol. The van der Waals surface area contributed by atoms with Gasteiger partial charge >= 0.3 is 0 Å². The molecule has 1 aromatic carbocycles. The van der Waals surface area contributed by atoms with Crippen LogP contribution in [0.3, 0.4) is 0 Å². The van der Waals surface area contributed by atoms with Crippen LogP contribution in [0, 0.1) is 0 Å². The van der Waals surface area contributed by atoms with Crippen molar-refractivity contribution in [3.8, 4) is 0 Å². The molecule has 24 heavy (non-hydrogen) atoms. The first-order valence-electron chi connectivity index (χ1n) is 8.34. The number of ether oxygens (including phenoxy) is 1. The Kier molecular flexibility index (Phi) is 3.73. The molecule has 1 amide bonds. The number of carbonyl (C=O) groups is 1. The zero-order chi connectivity index (χ0) is 16.6. The molecule has 0 atom stereocenters. The predicted molar refractivity (Wildman–Crippen MR) is 91.0 cm³/mol. The molecule has 124 valence electrons. The Labute approximate surface area is 141 Å². The van der Waals surface area contributed by atoms with E-state index < -0.39 is 0 Å². The van der Waals surface area contributed by atoms with Gasteiger partial charge in [-0.3, -0.25) is 9.48 Å². The van der Waals surface area contributed by atoms with Crippen LogP contribution in [0.5, 0.6) is 0 Å². The van der Waals surface area contributed by atoms with Crippen LogP contribution in [0.25, 0.3) is 6.08 Å². The van der Waals surface area contributed by atoms with Crippen molar-refractivity contribution in [3.63, 3.8) is 0 Å². The van der Waals surface area contributed by atoms with Crippen LogP contribution in [-0.4, -0.2) is 33.7 Å². The molecule has 5 nitrogen and oxygen atoms in total. The number of fused-ring (bicyclic) bond motifs is 2. The minimum absolute atomic E-state index is 0.0555. The lowest BCUT2D eigenvalue weighted by molar-refractivity contribution is -0.133. The highest BCUT2D eigenvalue weighted by molar-refractivity contribution is 5.91. The predicted octanol–water partition coefficient (Wildman–Crippen LogP) is 2.48. The van der Waals surface area contributed by atoms with Gasteiger partial charge in [-0.05, 0) is 30.0 Å². The number of likely N-dealkylation sites (tertiary alicyclic amines) is 1. The molecule has 0 unspecified atom stereocenters. The second-order valence-corrected chi connectivity index (χ2v) is 6.55. The molecule has 1 saturated heterocycles. The van der Waals surface area contributed by atoms with E-state index in [1.54, 1.807) is 17.0 Å². The van der Waals surface area contributed by atoms with E-state index in [1.807, 2.05) is 24.2 Å². The molecule has 0 N–H and O–H groups in total. The zero-order valence-electron chi connectivity index (χ0n) is 13.8. The highest BCUT2D eigenvalue weighted by atomic mass is 16.5. The molecule has 3 heterocycles. The minimum atomic E-state index is -0.194. The fourth-order valence-corrected chi connectivity index (χ4v) is 3.69. The molecule has 0 saturated carbocycles. The summed E-state index contributed by atoms with van der Waals surface area (Å²) < 4.78 is 7.87. The van der Waals surface area contributed by atoms with Gasteiger partial charge in [0, 0.05) is 38.0 Å². The summed E-state index contributed by atoms with van der Waals surface area (Å²) in [6.07, 6.45) is 8.81. The summed E-state index contributed by atoms with van der Waals surface area (Å²) in [4.78, 5) is 14.3. The highest BCUT2D eigenvalue weighted by Crippen LogP contribution is 2.43. The van der Waals surface area contributed by atoms with E-state index in [0.29, 0.717) is 6.61 Å². The largest absolute Gasteiger partial charge is 0.365 e. The van der Waals surface area contributed by atoms with Gasteiger partial charge in [-0.15, -0.1) is 0 Å². The summed E-state index contributed by atoms with van der Waals surface area (Å²) >= 11 is 0. The molecule has 2 aliphatic rings. The molecule has 1 aromatic heterocycles. The first-order valence-corrected chi connectivity index (χ1v) is 8.34. The lowest BCUT2D eigenvalue weighted by atomic mass is 9.84. The van der Waals surface area contributed by atoms with Crippen molar-refractivity contribution < 1.29 is 9.53 Å². The van der Waals surface area contributed by atoms with Crippen LogP contribution in [0.1, 0.15) is 29.5 Å². The van der Waals surface area contributed by atoms with Crippen LogP contribution in [0.2, 0.25) is 0 Å². The van der Waals surface area contributed by atoms with Gasteiger partial charge in [-0.1, -0.05) is 24.3 Å². The van der Waals surface area contributed by atoms with Crippen molar-refractivity contribution >= 4 is 12.0 Å². The Hall–Kier alpha value is -2.40. The number of hydrogen-bond donors (Lipinski definition) is 0. The van der Waals surface area contributed by atoms with E-state index in [4.69, 9.17) is 4.74 Å². The molecule has 5 heteroatoms. The van der Waals surface area contributed by atoms with E-state index in [1.165, 1.54) is 11.1 Å². The number of benzene rings is 1. The van der Waals surface area contributed by atoms with Crippen LogP contribution < -0.4 is 0 Å². The molecular weight excluding hydrogens is 302 g/mol. The van der Waals surface area contributed by atoms with Gasteiger partial charge in [-0.2, -0.15) is 5.10 Å². The van der Waals surface area contributed by atoms with E-state index in [0.717, 1.165) is 31.5 Å². The summed E-state index contributed by atoms with van der Waals surface area (Å²) in [5, 5.41) is 4.10. The van der Waals surface area contributed by atoms with E-state index in [-0.39, 0.29) is 11.5 Å². The minimum Gasteiger partial charge on any atom is -0.365 e.